The van der Waals surface area contributed by atoms with Crippen LogP contribution < -0.4 is 15.0 Å². The molecule has 1 N–H and O–H groups in total. The second-order valence-electron chi connectivity index (χ2n) is 8.33. The van der Waals surface area contributed by atoms with E-state index in [-0.39, 0.29) is 18.2 Å². The number of aromatic nitrogens is 2. The smallest absolute Gasteiger partial charge is 0.229 e. The van der Waals surface area contributed by atoms with E-state index in [9.17, 15) is 9.59 Å². The fourth-order valence-electron chi connectivity index (χ4n) is 4.50. The number of aryl methyl sites for hydroxylation is 2. The molecular weight excluding hydrogens is 404 g/mol. The van der Waals surface area contributed by atoms with Gasteiger partial charge in [0.2, 0.25) is 11.8 Å². The Bertz CT molecular complexity index is 1150. The van der Waals surface area contributed by atoms with Crippen molar-refractivity contribution in [1.82, 2.24) is 9.55 Å². The van der Waals surface area contributed by atoms with Crippen LogP contribution in [0.2, 0.25) is 0 Å². The Hall–Kier alpha value is -3.61. The summed E-state index contributed by atoms with van der Waals surface area (Å²) >= 11 is 0. The summed E-state index contributed by atoms with van der Waals surface area (Å²) in [6, 6.07) is 15.1. The van der Waals surface area contributed by atoms with E-state index < -0.39 is 5.92 Å². The minimum absolute atomic E-state index is 0.0616. The number of hydrogen-bond donors (Lipinski definition) is 1. The Morgan fingerprint density at radius 2 is 2.03 bits per heavy atom. The minimum Gasteiger partial charge on any atom is -0.497 e. The second kappa shape index (κ2) is 8.49. The third-order valence-electron chi connectivity index (χ3n) is 6.23. The first-order valence-electron chi connectivity index (χ1n) is 11.0. The van der Waals surface area contributed by atoms with Crippen LogP contribution in [0.25, 0.3) is 11.3 Å². The lowest BCUT2D eigenvalue weighted by atomic mass is 10.1. The lowest BCUT2D eigenvalue weighted by Crippen LogP contribution is -2.28. The Kier molecular flexibility index (Phi) is 5.39. The zero-order chi connectivity index (χ0) is 22.1. The quantitative estimate of drug-likeness (QED) is 0.666. The van der Waals surface area contributed by atoms with E-state index in [1.54, 1.807) is 12.0 Å². The van der Waals surface area contributed by atoms with Gasteiger partial charge in [-0.2, -0.15) is 0 Å². The van der Waals surface area contributed by atoms with Crippen LogP contribution >= 0.6 is 0 Å². The molecule has 0 saturated carbocycles. The molecule has 5 rings (SSSR count). The van der Waals surface area contributed by atoms with E-state index in [1.165, 1.54) is 6.42 Å². The number of fused-ring (bicyclic) bond motifs is 1. The number of imidazole rings is 1. The van der Waals surface area contributed by atoms with Gasteiger partial charge >= 0.3 is 0 Å². The van der Waals surface area contributed by atoms with E-state index in [0.717, 1.165) is 47.8 Å². The van der Waals surface area contributed by atoms with Crippen LogP contribution in [0.1, 0.15) is 25.1 Å². The molecule has 2 aliphatic rings. The number of hydrogen-bond acceptors (Lipinski definition) is 4. The van der Waals surface area contributed by atoms with Crippen molar-refractivity contribution in [3.05, 3.63) is 60.6 Å². The number of rotatable bonds is 5. The van der Waals surface area contributed by atoms with Crippen molar-refractivity contribution >= 4 is 23.2 Å². The maximum atomic E-state index is 13.1. The highest BCUT2D eigenvalue weighted by Gasteiger charge is 2.35. The number of amides is 2. The van der Waals surface area contributed by atoms with Crippen molar-refractivity contribution in [2.45, 2.75) is 32.2 Å². The zero-order valence-electron chi connectivity index (χ0n) is 18.1. The first-order chi connectivity index (χ1) is 15.6. The van der Waals surface area contributed by atoms with Crippen molar-refractivity contribution in [2.24, 2.45) is 5.92 Å². The lowest BCUT2D eigenvalue weighted by molar-refractivity contribution is -0.122. The minimum atomic E-state index is -0.419. The third-order valence-corrected chi connectivity index (χ3v) is 6.23. The molecule has 3 aromatic rings. The first kappa shape index (κ1) is 20.3. The van der Waals surface area contributed by atoms with Gasteiger partial charge in [0.05, 0.1) is 24.4 Å². The van der Waals surface area contributed by atoms with Crippen LogP contribution in [0, 0.1) is 5.92 Å². The third kappa shape index (κ3) is 3.86. The molecule has 2 amide bonds. The van der Waals surface area contributed by atoms with Gasteiger partial charge in [-0.3, -0.25) is 9.59 Å². The Morgan fingerprint density at radius 3 is 2.88 bits per heavy atom. The summed E-state index contributed by atoms with van der Waals surface area (Å²) in [5.74, 6) is 1.15. The summed E-state index contributed by atoms with van der Waals surface area (Å²) in [7, 11) is 1.59. The number of ether oxygens (including phenoxy) is 1. The molecule has 1 unspecified atom stereocenters. The molecule has 32 heavy (non-hydrogen) atoms. The van der Waals surface area contributed by atoms with E-state index in [0.29, 0.717) is 12.3 Å². The van der Waals surface area contributed by atoms with Gasteiger partial charge < -0.3 is 19.5 Å². The molecule has 1 fully saturated rings. The summed E-state index contributed by atoms with van der Waals surface area (Å²) in [4.78, 5) is 32.2. The fourth-order valence-corrected chi connectivity index (χ4v) is 4.50. The van der Waals surface area contributed by atoms with Crippen LogP contribution in [-0.4, -0.2) is 35.0 Å². The molecule has 2 aromatic carbocycles. The van der Waals surface area contributed by atoms with Crippen LogP contribution in [-0.2, 0) is 22.6 Å². The summed E-state index contributed by atoms with van der Waals surface area (Å²) in [6.07, 6.45) is 5.57. The number of para-hydroxylation sites is 1. The maximum Gasteiger partial charge on any atom is 0.229 e. The van der Waals surface area contributed by atoms with E-state index in [4.69, 9.17) is 9.72 Å². The number of nitrogens with zero attached hydrogens (tertiary/aromatic N) is 3. The van der Waals surface area contributed by atoms with Crippen LogP contribution in [0.15, 0.2) is 54.7 Å². The molecule has 0 spiro atoms. The SMILES string of the molecule is COc1cccc(N2CC(C(=O)Nc3ccccc3-c3cn4c(n3)CCCC4)CC2=O)c1. The molecule has 7 nitrogen and oxygen atoms in total. The van der Waals surface area contributed by atoms with E-state index in [1.807, 2.05) is 48.5 Å². The molecule has 1 aromatic heterocycles. The first-order valence-corrected chi connectivity index (χ1v) is 11.0. The van der Waals surface area contributed by atoms with Gasteiger partial charge in [-0.15, -0.1) is 0 Å². The van der Waals surface area contributed by atoms with Crippen molar-refractivity contribution in [3.8, 4) is 17.0 Å². The van der Waals surface area contributed by atoms with Crippen molar-refractivity contribution in [1.29, 1.82) is 0 Å². The molecule has 2 aliphatic heterocycles. The highest BCUT2D eigenvalue weighted by Crippen LogP contribution is 2.31. The second-order valence-corrected chi connectivity index (χ2v) is 8.33. The number of benzene rings is 2. The molecule has 0 radical (unpaired) electrons. The molecule has 3 heterocycles. The predicted octanol–water partition coefficient (Wildman–Crippen LogP) is 3.89. The molecule has 0 bridgehead atoms. The lowest BCUT2D eigenvalue weighted by Gasteiger charge is -2.17. The number of methoxy groups -OCH3 is 1. The number of nitrogens with one attached hydrogen (secondary N) is 1. The van der Waals surface area contributed by atoms with Crippen molar-refractivity contribution in [3.63, 3.8) is 0 Å². The Labute approximate surface area is 187 Å². The van der Waals surface area contributed by atoms with Gasteiger partial charge in [0, 0.05) is 49.4 Å². The number of anilines is 2. The monoisotopic (exact) mass is 430 g/mol. The molecule has 0 aliphatic carbocycles. The highest BCUT2D eigenvalue weighted by molar-refractivity contribution is 6.04. The van der Waals surface area contributed by atoms with Crippen molar-refractivity contribution < 1.29 is 14.3 Å². The van der Waals surface area contributed by atoms with Gasteiger partial charge in [-0.1, -0.05) is 24.3 Å². The number of carbonyl (C=O) groups excluding carboxylic acids is 2. The normalized spacial score (nSPS) is 17.8. The highest BCUT2D eigenvalue weighted by atomic mass is 16.5. The van der Waals surface area contributed by atoms with Gasteiger partial charge in [0.15, 0.2) is 0 Å². The average molecular weight is 431 g/mol. The molecule has 7 heteroatoms. The summed E-state index contributed by atoms with van der Waals surface area (Å²) in [6.45, 7) is 1.33. The van der Waals surface area contributed by atoms with Gasteiger partial charge in [-0.25, -0.2) is 4.98 Å². The fraction of sp³-hybridized carbons (Fsp3) is 0.320. The summed E-state index contributed by atoms with van der Waals surface area (Å²) in [5, 5.41) is 3.05. The topological polar surface area (TPSA) is 76.5 Å². The zero-order valence-corrected chi connectivity index (χ0v) is 18.1. The summed E-state index contributed by atoms with van der Waals surface area (Å²) in [5.41, 5.74) is 3.24. The predicted molar refractivity (Wildman–Crippen MR) is 123 cm³/mol. The standard InChI is InChI=1S/C25H26N4O3/c1-32-19-8-6-7-18(14-19)29-15-17(13-24(29)30)25(31)27-21-10-3-2-9-20(21)22-16-28-12-5-4-11-23(28)26-22/h2-3,6-10,14,16-17H,4-5,11-13,15H2,1H3,(H,27,31). The Morgan fingerprint density at radius 1 is 1.16 bits per heavy atom. The van der Waals surface area contributed by atoms with Crippen LogP contribution in [0.4, 0.5) is 11.4 Å². The molecular formula is C25H26N4O3. The Balaban J connectivity index is 1.34. The average Bonchev–Trinajstić information content (AvgIpc) is 3.43. The van der Waals surface area contributed by atoms with Crippen LogP contribution in [0.3, 0.4) is 0 Å². The number of carbonyl (C=O) groups is 2. The molecule has 1 saturated heterocycles. The largest absolute Gasteiger partial charge is 0.497 e. The molecule has 1 atom stereocenters. The molecule has 164 valence electrons. The summed E-state index contributed by atoms with van der Waals surface area (Å²) < 4.78 is 7.47. The van der Waals surface area contributed by atoms with E-state index in [2.05, 4.69) is 16.1 Å². The van der Waals surface area contributed by atoms with Crippen molar-refractivity contribution in [2.75, 3.05) is 23.9 Å². The van der Waals surface area contributed by atoms with Crippen LogP contribution in [0.5, 0.6) is 5.75 Å². The van der Waals surface area contributed by atoms with Gasteiger partial charge in [0.1, 0.15) is 11.6 Å². The van der Waals surface area contributed by atoms with E-state index >= 15 is 0 Å². The van der Waals surface area contributed by atoms with Gasteiger partial charge in [0.25, 0.3) is 0 Å². The van der Waals surface area contributed by atoms with Gasteiger partial charge in [-0.05, 0) is 31.0 Å². The maximum absolute atomic E-state index is 13.1.